The van der Waals surface area contributed by atoms with E-state index in [9.17, 15) is 9.90 Å². The predicted octanol–water partition coefficient (Wildman–Crippen LogP) is 2.30. The van der Waals surface area contributed by atoms with Gasteiger partial charge >= 0.3 is 0 Å². The van der Waals surface area contributed by atoms with E-state index in [1.807, 2.05) is 36.0 Å². The van der Waals surface area contributed by atoms with Crippen molar-refractivity contribution in [1.29, 1.82) is 0 Å². The number of hydrogen-bond donors (Lipinski definition) is 2. The van der Waals surface area contributed by atoms with E-state index in [0.717, 1.165) is 11.3 Å². The lowest BCUT2D eigenvalue weighted by Gasteiger charge is -2.12. The van der Waals surface area contributed by atoms with Gasteiger partial charge in [-0.2, -0.15) is 5.10 Å². The molecule has 1 atom stereocenters. The Bertz CT molecular complexity index is 992. The number of amides is 1. The molecular weight excluding hydrogens is 372 g/mol. The minimum absolute atomic E-state index is 0.257. The van der Waals surface area contributed by atoms with Crippen molar-refractivity contribution in [2.45, 2.75) is 12.5 Å². The summed E-state index contributed by atoms with van der Waals surface area (Å²) in [4.78, 5) is 12.6. The Hall–Kier alpha value is -3.26. The number of carbonyl (C=O) groups excluding carboxylic acids is 1. The summed E-state index contributed by atoms with van der Waals surface area (Å²) in [7, 11) is 6.76. The maximum Gasteiger partial charge on any atom is 0.269 e. The van der Waals surface area contributed by atoms with Crippen molar-refractivity contribution in [2.24, 2.45) is 14.1 Å². The zero-order valence-electron chi connectivity index (χ0n) is 17.0. The zero-order chi connectivity index (χ0) is 21.0. The molecule has 3 aromatic rings. The molecule has 2 aromatic heterocycles. The molecule has 8 nitrogen and oxygen atoms in total. The Morgan fingerprint density at radius 2 is 2.00 bits per heavy atom. The highest BCUT2D eigenvalue weighted by Gasteiger charge is 2.18. The molecule has 1 aromatic carbocycles. The van der Waals surface area contributed by atoms with Gasteiger partial charge in [0, 0.05) is 38.1 Å². The highest BCUT2D eigenvalue weighted by atomic mass is 16.5. The molecule has 0 aliphatic heterocycles. The fourth-order valence-electron chi connectivity index (χ4n) is 3.21. The van der Waals surface area contributed by atoms with Crippen molar-refractivity contribution in [2.75, 3.05) is 20.8 Å². The van der Waals surface area contributed by atoms with Crippen LogP contribution in [0.3, 0.4) is 0 Å². The number of nitrogens with zero attached hydrogens (tertiary/aromatic N) is 3. The lowest BCUT2D eigenvalue weighted by Crippen LogP contribution is -2.27. The topological polar surface area (TPSA) is 90.5 Å². The summed E-state index contributed by atoms with van der Waals surface area (Å²) < 4.78 is 14.1. The summed E-state index contributed by atoms with van der Waals surface area (Å²) in [6.07, 6.45) is 1.65. The molecule has 0 aliphatic rings. The maximum absolute atomic E-state index is 12.6. The van der Waals surface area contributed by atoms with Gasteiger partial charge in [-0.3, -0.25) is 9.48 Å². The van der Waals surface area contributed by atoms with Gasteiger partial charge in [0.15, 0.2) is 0 Å². The number of carbonyl (C=O) groups is 1. The van der Waals surface area contributed by atoms with E-state index >= 15 is 0 Å². The van der Waals surface area contributed by atoms with Crippen LogP contribution < -0.4 is 14.8 Å². The van der Waals surface area contributed by atoms with Crippen LogP contribution in [0.1, 0.15) is 28.7 Å². The Labute approximate surface area is 169 Å². The van der Waals surface area contributed by atoms with E-state index in [0.29, 0.717) is 35.9 Å². The average Bonchev–Trinajstić information content (AvgIpc) is 3.32. The fourth-order valence-corrected chi connectivity index (χ4v) is 3.21. The largest absolute Gasteiger partial charge is 0.497 e. The van der Waals surface area contributed by atoms with Gasteiger partial charge in [-0.1, -0.05) is 0 Å². The summed E-state index contributed by atoms with van der Waals surface area (Å²) in [5.74, 6) is 1.06. The number of aliphatic hydroxyl groups excluding tert-OH is 1. The number of aryl methyl sites for hydroxylation is 2. The van der Waals surface area contributed by atoms with E-state index in [1.165, 1.54) is 4.68 Å². The summed E-state index contributed by atoms with van der Waals surface area (Å²) in [6.45, 7) is 0.341. The van der Waals surface area contributed by atoms with Gasteiger partial charge < -0.3 is 24.5 Å². The molecule has 0 fully saturated rings. The number of aromatic nitrogens is 3. The molecule has 0 saturated heterocycles. The Morgan fingerprint density at radius 3 is 2.66 bits per heavy atom. The number of hydrogen-bond acceptors (Lipinski definition) is 5. The third-order valence-electron chi connectivity index (χ3n) is 4.82. The van der Waals surface area contributed by atoms with Crippen LogP contribution in [-0.2, 0) is 14.1 Å². The minimum atomic E-state index is -0.640. The first-order valence-electron chi connectivity index (χ1n) is 9.28. The average molecular weight is 398 g/mol. The summed E-state index contributed by atoms with van der Waals surface area (Å²) in [5.41, 5.74) is 2.57. The second-order valence-corrected chi connectivity index (χ2v) is 6.71. The van der Waals surface area contributed by atoms with E-state index in [2.05, 4.69) is 10.4 Å². The molecule has 2 heterocycles. The van der Waals surface area contributed by atoms with Gasteiger partial charge in [0.25, 0.3) is 5.91 Å². The van der Waals surface area contributed by atoms with Crippen molar-refractivity contribution >= 4 is 5.91 Å². The van der Waals surface area contributed by atoms with Crippen molar-refractivity contribution in [1.82, 2.24) is 19.7 Å². The smallest absolute Gasteiger partial charge is 0.269 e. The second kappa shape index (κ2) is 8.83. The summed E-state index contributed by atoms with van der Waals surface area (Å²) >= 11 is 0. The standard InChI is InChI=1S/C21H26N4O4/c1-24-11-5-6-17(24)19(26)9-10-22-21(27)18-13-16(23-25(18)2)15-12-14(28-3)7-8-20(15)29-4/h5-8,11-13,19,26H,9-10H2,1-4H3,(H,22,27)/t19-/m1/s1. The van der Waals surface area contributed by atoms with Crippen LogP contribution in [0.25, 0.3) is 11.3 Å². The lowest BCUT2D eigenvalue weighted by atomic mass is 10.1. The maximum atomic E-state index is 12.6. The summed E-state index contributed by atoms with van der Waals surface area (Å²) in [5, 5.41) is 17.6. The molecule has 0 spiro atoms. The predicted molar refractivity (Wildman–Crippen MR) is 109 cm³/mol. The highest BCUT2D eigenvalue weighted by molar-refractivity contribution is 5.93. The number of methoxy groups -OCH3 is 2. The molecule has 1 amide bonds. The first-order chi connectivity index (χ1) is 13.9. The molecule has 3 rings (SSSR count). The molecule has 2 N–H and O–H groups in total. The molecular formula is C21H26N4O4. The van der Waals surface area contributed by atoms with Crippen molar-refractivity contribution in [3.8, 4) is 22.8 Å². The fraction of sp³-hybridized carbons (Fsp3) is 0.333. The molecule has 0 bridgehead atoms. The van der Waals surface area contributed by atoms with Gasteiger partial charge in [0.2, 0.25) is 0 Å². The van der Waals surface area contributed by atoms with Crippen LogP contribution in [0.4, 0.5) is 0 Å². The minimum Gasteiger partial charge on any atom is -0.497 e. The third kappa shape index (κ3) is 4.43. The molecule has 29 heavy (non-hydrogen) atoms. The molecule has 0 saturated carbocycles. The van der Waals surface area contributed by atoms with Gasteiger partial charge in [-0.05, 0) is 42.8 Å². The van der Waals surface area contributed by atoms with Crippen LogP contribution in [0, 0.1) is 0 Å². The normalized spacial score (nSPS) is 11.9. The number of nitrogens with one attached hydrogen (secondary N) is 1. The van der Waals surface area contributed by atoms with Gasteiger partial charge in [0.05, 0.1) is 26.0 Å². The zero-order valence-corrected chi connectivity index (χ0v) is 17.0. The molecule has 8 heteroatoms. The first kappa shape index (κ1) is 20.5. The van der Waals surface area contributed by atoms with E-state index in [-0.39, 0.29) is 5.91 Å². The number of benzene rings is 1. The Balaban J connectivity index is 1.70. The molecule has 0 unspecified atom stereocenters. The Morgan fingerprint density at radius 1 is 1.21 bits per heavy atom. The first-order valence-corrected chi connectivity index (χ1v) is 9.28. The highest BCUT2D eigenvalue weighted by Crippen LogP contribution is 2.32. The lowest BCUT2D eigenvalue weighted by molar-refractivity contribution is 0.0932. The molecule has 0 radical (unpaired) electrons. The van der Waals surface area contributed by atoms with Gasteiger partial charge in [-0.15, -0.1) is 0 Å². The van der Waals surface area contributed by atoms with E-state index in [1.54, 1.807) is 39.5 Å². The molecule has 0 aliphatic carbocycles. The van der Waals surface area contributed by atoms with Crippen LogP contribution in [0.2, 0.25) is 0 Å². The monoisotopic (exact) mass is 398 g/mol. The SMILES string of the molecule is COc1ccc(OC)c(-c2cc(C(=O)NCC[C@@H](O)c3cccn3C)n(C)n2)c1. The van der Waals surface area contributed by atoms with E-state index in [4.69, 9.17) is 9.47 Å². The Kier molecular flexibility index (Phi) is 6.23. The summed E-state index contributed by atoms with van der Waals surface area (Å²) in [6, 6.07) is 10.9. The van der Waals surface area contributed by atoms with Crippen LogP contribution >= 0.6 is 0 Å². The van der Waals surface area contributed by atoms with Crippen molar-refractivity contribution < 1.29 is 19.4 Å². The third-order valence-corrected chi connectivity index (χ3v) is 4.82. The number of ether oxygens (including phenoxy) is 2. The van der Waals surface area contributed by atoms with Gasteiger partial charge in [-0.25, -0.2) is 0 Å². The van der Waals surface area contributed by atoms with Crippen molar-refractivity contribution in [3.63, 3.8) is 0 Å². The van der Waals surface area contributed by atoms with Gasteiger partial charge in [0.1, 0.15) is 17.2 Å². The van der Waals surface area contributed by atoms with Crippen LogP contribution in [-0.4, -0.2) is 46.1 Å². The number of rotatable bonds is 8. The molecule has 154 valence electrons. The second-order valence-electron chi connectivity index (χ2n) is 6.71. The number of aliphatic hydroxyl groups is 1. The van der Waals surface area contributed by atoms with Crippen LogP contribution in [0.15, 0.2) is 42.6 Å². The quantitative estimate of drug-likeness (QED) is 0.608. The van der Waals surface area contributed by atoms with Crippen LogP contribution in [0.5, 0.6) is 11.5 Å². The van der Waals surface area contributed by atoms with Crippen molar-refractivity contribution in [3.05, 3.63) is 54.0 Å². The van der Waals surface area contributed by atoms with E-state index < -0.39 is 6.10 Å².